The fourth-order valence-corrected chi connectivity index (χ4v) is 3.21. The molecular weight excluding hydrogens is 397 g/mol. The molecule has 1 heterocycles. The van der Waals surface area contributed by atoms with Crippen LogP contribution in [-0.2, 0) is 20.2 Å². The molecule has 3 aromatic rings. The summed E-state index contributed by atoms with van der Waals surface area (Å²) in [5.41, 5.74) is 3.32. The van der Waals surface area contributed by atoms with Crippen LogP contribution >= 0.6 is 23.2 Å². The Morgan fingerprint density at radius 1 is 1.18 bits per heavy atom. The van der Waals surface area contributed by atoms with Gasteiger partial charge in [-0.3, -0.25) is 9.48 Å². The lowest BCUT2D eigenvalue weighted by molar-refractivity contribution is 0.0782. The molecule has 1 aromatic heterocycles. The first-order chi connectivity index (χ1) is 13.3. The second-order valence-corrected chi connectivity index (χ2v) is 7.46. The molecule has 7 heteroatoms. The molecule has 0 radical (unpaired) electrons. The molecule has 0 unspecified atom stereocenters. The Morgan fingerprint density at radius 3 is 2.68 bits per heavy atom. The van der Waals surface area contributed by atoms with Gasteiger partial charge in [-0.25, -0.2) is 0 Å². The molecule has 0 saturated carbocycles. The highest BCUT2D eigenvalue weighted by atomic mass is 35.5. The third-order valence-corrected chi connectivity index (χ3v) is 5.03. The Kier molecular flexibility index (Phi) is 6.27. The van der Waals surface area contributed by atoms with Crippen molar-refractivity contribution in [2.45, 2.75) is 20.1 Å². The van der Waals surface area contributed by atoms with Gasteiger partial charge in [-0.2, -0.15) is 5.10 Å². The highest BCUT2D eigenvalue weighted by molar-refractivity contribution is 6.32. The van der Waals surface area contributed by atoms with Crippen LogP contribution in [0, 0.1) is 6.92 Å². The van der Waals surface area contributed by atoms with Gasteiger partial charge in [-0.05, 0) is 42.3 Å². The zero-order chi connectivity index (χ0) is 20.3. The monoisotopic (exact) mass is 417 g/mol. The van der Waals surface area contributed by atoms with E-state index in [4.69, 9.17) is 27.9 Å². The summed E-state index contributed by atoms with van der Waals surface area (Å²) in [6.07, 6.45) is 1.57. The smallest absolute Gasteiger partial charge is 0.253 e. The lowest BCUT2D eigenvalue weighted by atomic mass is 10.1. The van der Waals surface area contributed by atoms with Crippen molar-refractivity contribution in [1.29, 1.82) is 0 Å². The molecule has 0 bridgehead atoms. The first-order valence-corrected chi connectivity index (χ1v) is 9.50. The predicted molar refractivity (Wildman–Crippen MR) is 111 cm³/mol. The van der Waals surface area contributed by atoms with Crippen molar-refractivity contribution in [3.8, 4) is 5.75 Å². The molecule has 5 nitrogen and oxygen atoms in total. The van der Waals surface area contributed by atoms with Crippen molar-refractivity contribution in [2.24, 2.45) is 7.05 Å². The maximum atomic E-state index is 12.8. The Morgan fingerprint density at radius 2 is 1.96 bits per heavy atom. The molecule has 0 atom stereocenters. The van der Waals surface area contributed by atoms with E-state index >= 15 is 0 Å². The van der Waals surface area contributed by atoms with Crippen LogP contribution in [0.2, 0.25) is 10.0 Å². The third kappa shape index (κ3) is 4.66. The molecule has 0 saturated heterocycles. The fourth-order valence-electron chi connectivity index (χ4n) is 2.81. The number of hydrogen-bond donors (Lipinski definition) is 0. The van der Waals surface area contributed by atoms with E-state index in [2.05, 4.69) is 5.10 Å². The maximum absolute atomic E-state index is 12.8. The number of nitrogens with zero attached hydrogens (tertiary/aromatic N) is 3. The first kappa shape index (κ1) is 20.2. The molecule has 0 aliphatic carbocycles. The summed E-state index contributed by atoms with van der Waals surface area (Å²) in [5.74, 6) is 0.522. The Hall–Kier alpha value is -2.50. The number of aryl methyl sites for hydroxylation is 2. The number of rotatable bonds is 6. The Bertz CT molecular complexity index is 982. The second kappa shape index (κ2) is 8.67. The van der Waals surface area contributed by atoms with Crippen molar-refractivity contribution >= 4 is 29.1 Å². The molecular formula is C21H21Cl2N3O2. The van der Waals surface area contributed by atoms with Crippen LogP contribution < -0.4 is 4.74 Å². The minimum absolute atomic E-state index is 0.104. The van der Waals surface area contributed by atoms with Crippen LogP contribution in [0.1, 0.15) is 27.2 Å². The zero-order valence-electron chi connectivity index (χ0n) is 15.9. The van der Waals surface area contributed by atoms with Gasteiger partial charge in [0, 0.05) is 19.7 Å². The number of carbonyl (C=O) groups excluding carboxylic acids is 1. The molecule has 28 heavy (non-hydrogen) atoms. The lowest BCUT2D eigenvalue weighted by Crippen LogP contribution is -2.27. The number of amides is 1. The van der Waals surface area contributed by atoms with Gasteiger partial charge >= 0.3 is 0 Å². The highest BCUT2D eigenvalue weighted by Crippen LogP contribution is 2.26. The summed E-state index contributed by atoms with van der Waals surface area (Å²) in [6.45, 7) is 2.67. The summed E-state index contributed by atoms with van der Waals surface area (Å²) in [7, 11) is 3.54. The molecule has 1 amide bonds. The maximum Gasteiger partial charge on any atom is 0.253 e. The molecule has 3 rings (SSSR count). The topological polar surface area (TPSA) is 47.4 Å². The average Bonchev–Trinajstić information content (AvgIpc) is 3.00. The minimum atomic E-state index is -0.104. The number of ether oxygens (including phenoxy) is 1. The van der Waals surface area contributed by atoms with Crippen LogP contribution in [0.3, 0.4) is 0 Å². The summed E-state index contributed by atoms with van der Waals surface area (Å²) in [4.78, 5) is 14.4. The molecule has 0 aliphatic heterocycles. The van der Waals surface area contributed by atoms with Gasteiger partial charge in [0.25, 0.3) is 5.91 Å². The molecule has 0 spiro atoms. The number of aromatic nitrogens is 2. The quantitative estimate of drug-likeness (QED) is 0.573. The fraction of sp³-hybridized carbons (Fsp3) is 0.238. The van der Waals surface area contributed by atoms with Crippen molar-refractivity contribution in [3.63, 3.8) is 0 Å². The standard InChI is InChI=1S/C21H21Cl2N3O2/c1-14-7-8-17(22)20(9-14)28-13-15-5-4-6-16(10-15)21(27)25(2)12-19-18(23)11-24-26(19)3/h4-11H,12-13H2,1-3H3. The number of carbonyl (C=O) groups is 1. The SMILES string of the molecule is Cc1ccc(Cl)c(OCc2cccc(C(=O)N(C)Cc3c(Cl)cnn3C)c2)c1. The molecule has 146 valence electrons. The number of benzene rings is 2. The van der Waals surface area contributed by atoms with Gasteiger partial charge < -0.3 is 9.64 Å². The van der Waals surface area contributed by atoms with Crippen molar-refractivity contribution < 1.29 is 9.53 Å². The summed E-state index contributed by atoms with van der Waals surface area (Å²) < 4.78 is 7.50. The van der Waals surface area contributed by atoms with Gasteiger partial charge in [0.2, 0.25) is 0 Å². The van der Waals surface area contributed by atoms with Crippen LogP contribution in [-0.4, -0.2) is 27.6 Å². The van der Waals surface area contributed by atoms with E-state index in [1.165, 1.54) is 0 Å². The van der Waals surface area contributed by atoms with E-state index in [1.54, 1.807) is 35.9 Å². The van der Waals surface area contributed by atoms with Gasteiger partial charge in [0.1, 0.15) is 12.4 Å². The predicted octanol–water partition coefficient (Wildman–Crippen LogP) is 4.89. The normalized spacial score (nSPS) is 10.8. The van der Waals surface area contributed by atoms with Crippen molar-refractivity contribution in [2.75, 3.05) is 7.05 Å². The van der Waals surface area contributed by atoms with Crippen LogP contribution in [0.25, 0.3) is 0 Å². The molecule has 2 aromatic carbocycles. The van der Waals surface area contributed by atoms with Crippen LogP contribution in [0.5, 0.6) is 5.75 Å². The van der Waals surface area contributed by atoms with Gasteiger partial charge in [0.15, 0.2) is 0 Å². The van der Waals surface area contributed by atoms with Crippen LogP contribution in [0.15, 0.2) is 48.7 Å². The van der Waals surface area contributed by atoms with E-state index < -0.39 is 0 Å². The second-order valence-electron chi connectivity index (χ2n) is 6.65. The molecule has 0 aliphatic rings. The minimum Gasteiger partial charge on any atom is -0.487 e. The van der Waals surface area contributed by atoms with Gasteiger partial charge in [0.05, 0.1) is 28.5 Å². The molecule has 0 N–H and O–H groups in total. The lowest BCUT2D eigenvalue weighted by Gasteiger charge is -2.18. The molecule has 0 fully saturated rings. The number of hydrogen-bond acceptors (Lipinski definition) is 3. The highest BCUT2D eigenvalue weighted by Gasteiger charge is 2.16. The van der Waals surface area contributed by atoms with Crippen molar-refractivity contribution in [3.05, 3.63) is 81.1 Å². The van der Waals surface area contributed by atoms with Crippen LogP contribution in [0.4, 0.5) is 0 Å². The van der Waals surface area contributed by atoms with Gasteiger partial charge in [-0.1, -0.05) is 41.4 Å². The van der Waals surface area contributed by atoms with E-state index in [0.29, 0.717) is 34.5 Å². The summed E-state index contributed by atoms with van der Waals surface area (Å²) in [6, 6.07) is 13.0. The number of halogens is 2. The first-order valence-electron chi connectivity index (χ1n) is 8.75. The van der Waals surface area contributed by atoms with E-state index in [9.17, 15) is 4.79 Å². The van der Waals surface area contributed by atoms with E-state index in [0.717, 1.165) is 16.8 Å². The summed E-state index contributed by atoms with van der Waals surface area (Å²) in [5, 5.41) is 5.20. The zero-order valence-corrected chi connectivity index (χ0v) is 17.5. The van der Waals surface area contributed by atoms with Crippen molar-refractivity contribution in [1.82, 2.24) is 14.7 Å². The van der Waals surface area contributed by atoms with Gasteiger partial charge in [-0.15, -0.1) is 0 Å². The summed E-state index contributed by atoms with van der Waals surface area (Å²) >= 11 is 12.3. The Labute approximate surface area is 174 Å². The largest absolute Gasteiger partial charge is 0.487 e. The van der Waals surface area contributed by atoms with E-state index in [1.807, 2.05) is 43.3 Å². The van der Waals surface area contributed by atoms with E-state index in [-0.39, 0.29) is 5.91 Å². The third-order valence-electron chi connectivity index (χ3n) is 4.40. The average molecular weight is 418 g/mol. The Balaban J connectivity index is 1.70.